The summed E-state index contributed by atoms with van der Waals surface area (Å²) in [5.74, 6) is 5.22. The third kappa shape index (κ3) is 8.79. The molecule has 0 radical (unpaired) electrons. The molecule has 0 N–H and O–H groups in total. The predicted octanol–water partition coefficient (Wildman–Crippen LogP) is 9.96. The Labute approximate surface area is 179 Å². The van der Waals surface area contributed by atoms with Gasteiger partial charge >= 0.3 is 0 Å². The number of hydrogen-bond acceptors (Lipinski definition) is 0. The van der Waals surface area contributed by atoms with Crippen LogP contribution in [0.5, 0.6) is 0 Å². The highest BCUT2D eigenvalue weighted by molar-refractivity contribution is 4.84. The van der Waals surface area contributed by atoms with Crippen molar-refractivity contribution in [3.8, 4) is 0 Å². The highest BCUT2D eigenvalue weighted by atomic mass is 14.4. The monoisotopic (exact) mass is 390 g/mol. The molecule has 0 aromatic heterocycles. The van der Waals surface area contributed by atoms with Gasteiger partial charge in [-0.25, -0.2) is 0 Å². The Bertz CT molecular complexity index is 359. The van der Waals surface area contributed by atoms with Crippen molar-refractivity contribution in [1.29, 1.82) is 0 Å². The van der Waals surface area contributed by atoms with Crippen molar-refractivity contribution in [3.05, 3.63) is 0 Å². The van der Waals surface area contributed by atoms with E-state index in [9.17, 15) is 0 Å². The number of rotatable bonds is 5. The summed E-state index contributed by atoms with van der Waals surface area (Å²) in [7, 11) is 0. The van der Waals surface area contributed by atoms with Gasteiger partial charge in [-0.3, -0.25) is 0 Å². The highest BCUT2D eigenvalue weighted by Crippen LogP contribution is 2.44. The normalized spacial score (nSPS) is 35.0. The fourth-order valence-electron chi connectivity index (χ4n) is 6.80. The van der Waals surface area contributed by atoms with Crippen molar-refractivity contribution in [1.82, 2.24) is 0 Å². The third-order valence-electron chi connectivity index (χ3n) is 8.69. The molecular formula is C28H54. The van der Waals surface area contributed by atoms with Crippen LogP contribution in [-0.2, 0) is 0 Å². The quantitative estimate of drug-likeness (QED) is 0.438. The zero-order valence-corrected chi connectivity index (χ0v) is 20.0. The van der Waals surface area contributed by atoms with Crippen molar-refractivity contribution in [2.75, 3.05) is 0 Å². The van der Waals surface area contributed by atoms with Crippen LogP contribution in [0.1, 0.15) is 149 Å². The van der Waals surface area contributed by atoms with Crippen LogP contribution in [0.4, 0.5) is 0 Å². The maximum atomic E-state index is 2.48. The first-order chi connectivity index (χ1) is 13.8. The van der Waals surface area contributed by atoms with Gasteiger partial charge < -0.3 is 0 Å². The number of hydrogen-bond donors (Lipinski definition) is 0. The molecule has 0 aromatic carbocycles. The SMILES string of the molecule is CCCC1CCCCCCCCCCC(C2CC(CC)CCC2CC)CCC1. The van der Waals surface area contributed by atoms with Gasteiger partial charge in [0.15, 0.2) is 0 Å². The van der Waals surface area contributed by atoms with Crippen LogP contribution in [0.2, 0.25) is 0 Å². The maximum absolute atomic E-state index is 2.48. The average Bonchev–Trinajstić information content (AvgIpc) is 2.73. The Morgan fingerprint density at radius 1 is 0.536 bits per heavy atom. The molecule has 28 heavy (non-hydrogen) atoms. The van der Waals surface area contributed by atoms with Crippen LogP contribution in [-0.4, -0.2) is 0 Å². The van der Waals surface area contributed by atoms with Gasteiger partial charge in [0, 0.05) is 0 Å². The molecule has 0 spiro atoms. The summed E-state index contributed by atoms with van der Waals surface area (Å²) < 4.78 is 0. The lowest BCUT2D eigenvalue weighted by Gasteiger charge is -2.41. The van der Waals surface area contributed by atoms with Gasteiger partial charge in [0.25, 0.3) is 0 Å². The summed E-state index contributed by atoms with van der Waals surface area (Å²) in [5.41, 5.74) is 0. The minimum absolute atomic E-state index is 1.03. The molecule has 2 saturated carbocycles. The molecule has 0 nitrogen and oxygen atoms in total. The molecule has 2 aliphatic rings. The smallest absolute Gasteiger partial charge is 0.0355 e. The largest absolute Gasteiger partial charge is 0.0654 e. The van der Waals surface area contributed by atoms with E-state index in [0.717, 1.165) is 29.6 Å². The molecule has 0 amide bonds. The average molecular weight is 391 g/mol. The second kappa shape index (κ2) is 14.9. The summed E-state index contributed by atoms with van der Waals surface area (Å²) >= 11 is 0. The van der Waals surface area contributed by atoms with E-state index in [2.05, 4.69) is 20.8 Å². The van der Waals surface area contributed by atoms with E-state index in [1.54, 1.807) is 19.3 Å². The first kappa shape index (κ1) is 24.3. The molecule has 0 aromatic rings. The van der Waals surface area contributed by atoms with E-state index < -0.39 is 0 Å². The lowest BCUT2D eigenvalue weighted by atomic mass is 9.65. The summed E-state index contributed by atoms with van der Waals surface area (Å²) in [5, 5.41) is 0. The molecule has 0 heteroatoms. The third-order valence-corrected chi connectivity index (χ3v) is 8.69. The van der Waals surface area contributed by atoms with Gasteiger partial charge in [0.05, 0.1) is 0 Å². The van der Waals surface area contributed by atoms with Crippen LogP contribution in [0.15, 0.2) is 0 Å². The first-order valence-corrected chi connectivity index (χ1v) is 13.8. The maximum Gasteiger partial charge on any atom is -0.0355 e. The fourth-order valence-corrected chi connectivity index (χ4v) is 6.80. The Balaban J connectivity index is 1.97. The molecule has 0 heterocycles. The Morgan fingerprint density at radius 2 is 1.14 bits per heavy atom. The van der Waals surface area contributed by atoms with E-state index in [4.69, 9.17) is 0 Å². The molecule has 2 aliphatic carbocycles. The van der Waals surface area contributed by atoms with Gasteiger partial charge in [0.1, 0.15) is 0 Å². The van der Waals surface area contributed by atoms with Crippen LogP contribution in [0.25, 0.3) is 0 Å². The molecule has 5 unspecified atom stereocenters. The van der Waals surface area contributed by atoms with Gasteiger partial charge in [-0.05, 0) is 42.4 Å². The van der Waals surface area contributed by atoms with Crippen LogP contribution < -0.4 is 0 Å². The summed E-state index contributed by atoms with van der Waals surface area (Å²) in [6.45, 7) is 7.32. The van der Waals surface area contributed by atoms with E-state index in [0.29, 0.717) is 0 Å². The standard InChI is InChI=1S/C28H54/c1-4-16-25-17-13-11-9-7-8-10-12-14-19-27(20-15-18-25)28-23-24(5-2)21-22-26(28)6-3/h24-28H,4-23H2,1-3H3. The Hall–Kier alpha value is 0. The highest BCUT2D eigenvalue weighted by Gasteiger charge is 2.33. The van der Waals surface area contributed by atoms with Gasteiger partial charge in [-0.1, -0.05) is 136 Å². The molecule has 2 fully saturated rings. The Kier molecular flexibility index (Phi) is 12.9. The summed E-state index contributed by atoms with van der Waals surface area (Å²) in [4.78, 5) is 0. The molecule has 5 atom stereocenters. The summed E-state index contributed by atoms with van der Waals surface area (Å²) in [6.07, 6.45) is 30.1. The van der Waals surface area contributed by atoms with Crippen molar-refractivity contribution < 1.29 is 0 Å². The zero-order chi connectivity index (χ0) is 20.0. The second-order valence-corrected chi connectivity index (χ2v) is 10.7. The second-order valence-electron chi connectivity index (χ2n) is 10.7. The fraction of sp³-hybridized carbons (Fsp3) is 1.00. The minimum atomic E-state index is 1.03. The first-order valence-electron chi connectivity index (χ1n) is 13.8. The molecule has 0 saturated heterocycles. The molecular weight excluding hydrogens is 336 g/mol. The van der Waals surface area contributed by atoms with Gasteiger partial charge in [-0.15, -0.1) is 0 Å². The van der Waals surface area contributed by atoms with E-state index in [1.807, 2.05) is 0 Å². The molecule has 0 bridgehead atoms. The van der Waals surface area contributed by atoms with Crippen LogP contribution in [0, 0.1) is 29.6 Å². The topological polar surface area (TPSA) is 0 Å². The van der Waals surface area contributed by atoms with Gasteiger partial charge in [0.2, 0.25) is 0 Å². The van der Waals surface area contributed by atoms with E-state index in [-0.39, 0.29) is 0 Å². The minimum Gasteiger partial charge on any atom is -0.0654 e. The van der Waals surface area contributed by atoms with Crippen LogP contribution in [0.3, 0.4) is 0 Å². The summed E-state index contributed by atoms with van der Waals surface area (Å²) in [6, 6.07) is 0. The molecule has 0 aliphatic heterocycles. The lowest BCUT2D eigenvalue weighted by Crippen LogP contribution is -2.30. The Morgan fingerprint density at radius 3 is 1.79 bits per heavy atom. The van der Waals surface area contributed by atoms with Crippen molar-refractivity contribution in [2.24, 2.45) is 29.6 Å². The van der Waals surface area contributed by atoms with Crippen LogP contribution >= 0.6 is 0 Å². The van der Waals surface area contributed by atoms with E-state index >= 15 is 0 Å². The van der Waals surface area contributed by atoms with Gasteiger partial charge in [-0.2, -0.15) is 0 Å². The zero-order valence-electron chi connectivity index (χ0n) is 20.0. The van der Waals surface area contributed by atoms with E-state index in [1.165, 1.54) is 109 Å². The predicted molar refractivity (Wildman–Crippen MR) is 127 cm³/mol. The van der Waals surface area contributed by atoms with Crippen molar-refractivity contribution in [2.45, 2.75) is 149 Å². The molecule has 2 rings (SSSR count). The lowest BCUT2D eigenvalue weighted by molar-refractivity contribution is 0.0994. The van der Waals surface area contributed by atoms with Crippen molar-refractivity contribution in [3.63, 3.8) is 0 Å². The van der Waals surface area contributed by atoms with Crippen molar-refractivity contribution >= 4 is 0 Å². The molecule has 166 valence electrons.